The van der Waals surface area contributed by atoms with E-state index in [-0.39, 0.29) is 6.41 Å². The van der Waals surface area contributed by atoms with Crippen LogP contribution in [0.25, 0.3) is 0 Å². The molecule has 2 aromatic rings. The average molecular weight is 464 g/mol. The quantitative estimate of drug-likeness (QED) is 0.272. The Morgan fingerprint density at radius 2 is 1.59 bits per heavy atom. The Balaban J connectivity index is 0.000000213. The molecule has 162 valence electrons. The largest absolute Gasteiger partial charge is 0.398 e. The van der Waals surface area contributed by atoms with E-state index in [1.807, 2.05) is 6.07 Å². The summed E-state index contributed by atoms with van der Waals surface area (Å²) in [6.45, 7) is 3.24. The van der Waals surface area contributed by atoms with E-state index in [0.717, 1.165) is 65.0 Å². The van der Waals surface area contributed by atoms with E-state index >= 15 is 0 Å². The first-order valence-corrected chi connectivity index (χ1v) is 11.8. The van der Waals surface area contributed by atoms with Crippen molar-refractivity contribution in [3.63, 3.8) is 0 Å². The van der Waals surface area contributed by atoms with Gasteiger partial charge in [0, 0.05) is 5.69 Å². The molecule has 2 aliphatic rings. The number of rotatable bonds is 2. The lowest BCUT2D eigenvalue weighted by atomic mass is 9.49. The van der Waals surface area contributed by atoms with Gasteiger partial charge in [-0.25, -0.2) is 14.3 Å². The molecule has 0 fully saturated rings. The van der Waals surface area contributed by atoms with Crippen LogP contribution in [0, 0.1) is 0 Å². The van der Waals surface area contributed by atoms with Gasteiger partial charge >= 0.3 is 0 Å². The van der Waals surface area contributed by atoms with Crippen molar-refractivity contribution in [3.05, 3.63) is 39.5 Å². The fourth-order valence-corrected chi connectivity index (χ4v) is 5.10. The molecule has 2 aliphatic carbocycles. The Bertz CT molecular complexity index is 980. The molecule has 4 rings (SSSR count). The zero-order valence-corrected chi connectivity index (χ0v) is 19.8. The number of nitrogen functional groups attached to an aromatic ring is 1. The Hall–Kier alpha value is -1.55. The Kier molecular flexibility index (Phi) is 8.13. The summed E-state index contributed by atoms with van der Waals surface area (Å²) in [5, 5.41) is 13.6. The van der Waals surface area contributed by atoms with Gasteiger partial charge < -0.3 is 16.6 Å². The average Bonchev–Trinajstić information content (AvgIpc) is 3.34. The van der Waals surface area contributed by atoms with Gasteiger partial charge in [-0.2, -0.15) is 0 Å². The number of anilines is 1. The van der Waals surface area contributed by atoms with Crippen molar-refractivity contribution in [2.75, 3.05) is 5.73 Å². The number of fused-ring (bicyclic) bond motifs is 2. The number of carbonyl (C=O) groups is 1. The van der Waals surface area contributed by atoms with E-state index in [9.17, 15) is 9.32 Å². The van der Waals surface area contributed by atoms with Gasteiger partial charge in [-0.15, -0.1) is 11.3 Å². The first-order chi connectivity index (χ1) is 14.7. The highest BCUT2D eigenvalue weighted by atomic mass is 32.2. The first-order valence-electron chi connectivity index (χ1n) is 9.76. The minimum Gasteiger partial charge on any atom is -0.398 e. The number of nitrogens with zero attached hydrogens (tertiary/aromatic N) is 1. The maximum Gasteiger partial charge on any atom is 0.204 e. The van der Waals surface area contributed by atoms with E-state index in [1.54, 1.807) is 13.8 Å². The number of aliphatic hydroxyl groups is 1. The topological polar surface area (TPSA) is 145 Å². The number of primary amides is 1. The Morgan fingerprint density at radius 3 is 1.91 bits per heavy atom. The molecule has 8 radical (unpaired) electrons. The Morgan fingerprint density at radius 1 is 1.16 bits per heavy atom. The van der Waals surface area contributed by atoms with Crippen LogP contribution >= 0.6 is 11.3 Å². The summed E-state index contributed by atoms with van der Waals surface area (Å²) >= 11 is 1.16. The number of hydrogen-bond acceptors (Lipinski definition) is 6. The predicted octanol–water partition coefficient (Wildman–Crippen LogP) is -0.406. The van der Waals surface area contributed by atoms with Crippen LogP contribution in [0.3, 0.4) is 0 Å². The second-order valence-electron chi connectivity index (χ2n) is 8.40. The summed E-state index contributed by atoms with van der Waals surface area (Å²) in [6.07, 6.45) is 4.79. The first kappa shape index (κ1) is 26.7. The molecule has 1 aromatic carbocycles. The maximum absolute atomic E-state index is 10.8. The van der Waals surface area contributed by atoms with Crippen molar-refractivity contribution < 1.29 is 14.1 Å². The number of nitrogens with two attached hydrogens (primary N) is 3. The lowest BCUT2D eigenvalue weighted by molar-refractivity contribution is -0.106. The summed E-state index contributed by atoms with van der Waals surface area (Å²) < 4.78 is 11.2. The van der Waals surface area contributed by atoms with Gasteiger partial charge in [0.15, 0.2) is 0 Å². The van der Waals surface area contributed by atoms with Crippen LogP contribution < -0.4 is 16.6 Å². The lowest BCUT2D eigenvalue weighted by Gasteiger charge is -2.26. The van der Waals surface area contributed by atoms with Crippen molar-refractivity contribution in [1.82, 2.24) is 4.98 Å². The summed E-state index contributed by atoms with van der Waals surface area (Å²) in [7, 11) is 22.8. The molecule has 1 unspecified atom stereocenters. The van der Waals surface area contributed by atoms with Crippen molar-refractivity contribution in [2.24, 2.45) is 10.9 Å². The van der Waals surface area contributed by atoms with Crippen molar-refractivity contribution in [2.45, 2.75) is 59.8 Å². The number of amides is 1. The molecule has 0 spiro atoms. The van der Waals surface area contributed by atoms with Crippen LogP contribution in [-0.2, 0) is 44.7 Å². The number of aromatic nitrogens is 1. The molecular weight excluding hydrogens is 440 g/mol. The van der Waals surface area contributed by atoms with E-state index in [2.05, 4.69) is 10.7 Å². The number of thiazole rings is 1. The zero-order chi connectivity index (χ0) is 24.5. The molecule has 7 N–H and O–H groups in total. The normalized spacial score (nSPS) is 18.2. The van der Waals surface area contributed by atoms with Crippen molar-refractivity contribution >= 4 is 65.8 Å². The van der Waals surface area contributed by atoms with Crippen molar-refractivity contribution in [3.8, 4) is 0 Å². The third-order valence-corrected chi connectivity index (χ3v) is 7.73. The fraction of sp³-hybridized carbons (Fsp3) is 0.474. The number of carbonyl (C=O) groups excluding carboxylic acids is 1. The fourth-order valence-electron chi connectivity index (χ4n) is 3.73. The molecule has 1 heterocycles. The third-order valence-electron chi connectivity index (χ3n) is 5.38. The molecule has 32 heavy (non-hydrogen) atoms. The maximum atomic E-state index is 10.8. The molecule has 0 saturated carbocycles. The van der Waals surface area contributed by atoms with Gasteiger partial charge in [-0.1, -0.05) is 40.5 Å². The van der Waals surface area contributed by atoms with E-state index in [4.69, 9.17) is 47.1 Å². The lowest BCUT2D eigenvalue weighted by Crippen LogP contribution is -2.26. The van der Waals surface area contributed by atoms with Gasteiger partial charge in [0.05, 0.1) is 37.6 Å². The molecule has 7 nitrogen and oxygen atoms in total. The molecule has 1 atom stereocenters. The van der Waals surface area contributed by atoms with Crippen LogP contribution in [0.2, 0.25) is 0 Å². The van der Waals surface area contributed by atoms with E-state index in [0.29, 0.717) is 9.22 Å². The molecule has 1 aromatic heterocycles. The van der Waals surface area contributed by atoms with E-state index in [1.165, 1.54) is 6.20 Å². The van der Waals surface area contributed by atoms with Crippen LogP contribution in [0.5, 0.6) is 0 Å². The molecule has 0 bridgehead atoms. The molecule has 13 heteroatoms. The molecule has 0 aliphatic heterocycles. The Labute approximate surface area is 200 Å². The second kappa shape index (κ2) is 9.75. The second-order valence-corrected chi connectivity index (χ2v) is 10.7. The van der Waals surface area contributed by atoms with Crippen LogP contribution in [0.15, 0.2) is 16.5 Å². The van der Waals surface area contributed by atoms with Gasteiger partial charge in [-0.3, -0.25) is 4.79 Å². The van der Waals surface area contributed by atoms with Gasteiger partial charge in [0.1, 0.15) is 25.8 Å². The molecule has 1 amide bonds. The van der Waals surface area contributed by atoms with Gasteiger partial charge in [-0.05, 0) is 37.8 Å². The third kappa shape index (κ3) is 5.68. The minimum absolute atomic E-state index is 0.250. The zero-order valence-electron chi connectivity index (χ0n) is 18.1. The molecule has 0 saturated heterocycles. The van der Waals surface area contributed by atoms with Crippen molar-refractivity contribution in [1.29, 1.82) is 0 Å². The highest BCUT2D eigenvalue weighted by Crippen LogP contribution is 2.46. The standard InChI is InChI=1S/C12H11B4N.C6H10N2O2S2.CH3NO/c13-11(14)3-1-6-8(11)5-9-7(10(6)17)2-4-12(9,15)16;1-6(2,9)5-8-3-4(11-5)12(7)10;2-1-3/h5H,1-4,17H2;3,9H,7H2,1-2H3;1H,(H2,2,3). The highest BCUT2D eigenvalue weighted by molar-refractivity contribution is 7.85. The van der Waals surface area contributed by atoms with Crippen LogP contribution in [0.1, 0.15) is 54.0 Å². The summed E-state index contributed by atoms with van der Waals surface area (Å²) in [5.41, 5.74) is 14.2. The summed E-state index contributed by atoms with van der Waals surface area (Å²) in [6, 6.07) is 1.97. The van der Waals surface area contributed by atoms with Gasteiger partial charge in [0.2, 0.25) is 6.41 Å². The highest BCUT2D eigenvalue weighted by Gasteiger charge is 2.37. The predicted molar refractivity (Wildman–Crippen MR) is 132 cm³/mol. The number of benzene rings is 1. The monoisotopic (exact) mass is 464 g/mol. The smallest absolute Gasteiger partial charge is 0.204 e. The van der Waals surface area contributed by atoms with Gasteiger partial charge in [0.25, 0.3) is 0 Å². The minimum atomic E-state index is -1.50. The summed E-state index contributed by atoms with van der Waals surface area (Å²) in [5.74, 6) is 0. The van der Waals surface area contributed by atoms with Crippen LogP contribution in [-0.4, -0.2) is 52.1 Å². The van der Waals surface area contributed by atoms with E-state index < -0.39 is 27.0 Å². The SMILES string of the molecule is CC(C)(O)c1ncc(S(N)=O)s1.NC=O.[B]C1([B])CCc2c1cc1c(c2N)CCC1([B])[B]. The van der Waals surface area contributed by atoms with Crippen LogP contribution in [0.4, 0.5) is 5.69 Å². The number of hydrogen-bond donors (Lipinski definition) is 4. The summed E-state index contributed by atoms with van der Waals surface area (Å²) in [4.78, 5) is 12.5. The molecular formula is C19H24B4N4O3S2.